The van der Waals surface area contributed by atoms with E-state index >= 15 is 0 Å². The van der Waals surface area contributed by atoms with Gasteiger partial charge in [0.05, 0.1) is 23.4 Å². The van der Waals surface area contributed by atoms with Gasteiger partial charge >= 0.3 is 0 Å². The first-order valence-electron chi connectivity index (χ1n) is 8.33. The Kier molecular flexibility index (Phi) is 4.37. The van der Waals surface area contributed by atoms with E-state index in [-0.39, 0.29) is 5.56 Å². The molecule has 0 amide bonds. The van der Waals surface area contributed by atoms with Gasteiger partial charge in [-0.05, 0) is 19.1 Å². The van der Waals surface area contributed by atoms with E-state index in [1.165, 1.54) is 11.3 Å². The van der Waals surface area contributed by atoms with Gasteiger partial charge in [0.2, 0.25) is 5.95 Å². The van der Waals surface area contributed by atoms with Gasteiger partial charge in [-0.2, -0.15) is 4.98 Å². The van der Waals surface area contributed by atoms with Crippen LogP contribution in [-0.4, -0.2) is 47.8 Å². The molecular formula is C17H19N5O2S. The van der Waals surface area contributed by atoms with Crippen LogP contribution in [0.2, 0.25) is 0 Å². The van der Waals surface area contributed by atoms with Crippen LogP contribution in [0.15, 0.2) is 29.1 Å². The molecule has 0 spiro atoms. The summed E-state index contributed by atoms with van der Waals surface area (Å²) >= 11 is 1.50. The number of nitrogens with one attached hydrogen (secondary N) is 2. The van der Waals surface area contributed by atoms with E-state index in [0.29, 0.717) is 42.1 Å². The number of aromatic amines is 1. The van der Waals surface area contributed by atoms with Crippen LogP contribution < -0.4 is 15.8 Å². The molecule has 1 aliphatic rings. The number of hydrogen-bond acceptors (Lipinski definition) is 7. The minimum absolute atomic E-state index is 0.175. The van der Waals surface area contributed by atoms with Gasteiger partial charge in [-0.25, -0.2) is 4.98 Å². The molecule has 1 aliphatic heterocycles. The number of hydrogen-bond donors (Lipinski definition) is 2. The number of ether oxygens (including phenoxy) is 1. The summed E-state index contributed by atoms with van der Waals surface area (Å²) < 4.78 is 6.42. The van der Waals surface area contributed by atoms with Crippen molar-refractivity contribution < 1.29 is 4.74 Å². The van der Waals surface area contributed by atoms with Gasteiger partial charge in [0.1, 0.15) is 16.4 Å². The summed E-state index contributed by atoms with van der Waals surface area (Å²) in [5.41, 5.74) is 1.22. The van der Waals surface area contributed by atoms with E-state index in [4.69, 9.17) is 4.74 Å². The topological polar surface area (TPSA) is 83.1 Å². The van der Waals surface area contributed by atoms with Gasteiger partial charge in [-0.15, -0.1) is 11.3 Å². The smallest absolute Gasteiger partial charge is 0.264 e. The van der Waals surface area contributed by atoms with Crippen molar-refractivity contribution in [2.24, 2.45) is 0 Å². The molecule has 2 aromatic heterocycles. The minimum Gasteiger partial charge on any atom is -0.378 e. The zero-order chi connectivity index (χ0) is 17.2. The van der Waals surface area contributed by atoms with Crippen molar-refractivity contribution >= 4 is 33.3 Å². The molecule has 1 aromatic carbocycles. The maximum absolute atomic E-state index is 12.8. The lowest BCUT2D eigenvalue weighted by molar-refractivity contribution is 0.122. The van der Waals surface area contributed by atoms with Crippen molar-refractivity contribution in [2.45, 2.75) is 6.92 Å². The van der Waals surface area contributed by atoms with Gasteiger partial charge in [0.15, 0.2) is 0 Å². The number of anilines is 2. The summed E-state index contributed by atoms with van der Waals surface area (Å²) in [6.07, 6.45) is 0. The number of rotatable bonds is 4. The summed E-state index contributed by atoms with van der Waals surface area (Å²) in [6.45, 7) is 5.38. The molecule has 3 heterocycles. The molecule has 0 aliphatic carbocycles. The van der Waals surface area contributed by atoms with Crippen LogP contribution in [0.4, 0.5) is 11.8 Å². The van der Waals surface area contributed by atoms with Crippen molar-refractivity contribution in [3.63, 3.8) is 0 Å². The number of H-pyrrole nitrogens is 1. The molecule has 0 saturated carbocycles. The number of fused-ring (bicyclic) bond motifs is 1. The van der Waals surface area contributed by atoms with Crippen LogP contribution in [0.5, 0.6) is 0 Å². The van der Waals surface area contributed by atoms with E-state index < -0.39 is 0 Å². The molecule has 25 heavy (non-hydrogen) atoms. The summed E-state index contributed by atoms with van der Waals surface area (Å²) in [7, 11) is 0. The molecule has 7 nitrogen and oxygen atoms in total. The third-order valence-electron chi connectivity index (χ3n) is 4.07. The van der Waals surface area contributed by atoms with E-state index in [0.717, 1.165) is 23.3 Å². The van der Waals surface area contributed by atoms with Gasteiger partial charge < -0.3 is 15.0 Å². The highest BCUT2D eigenvalue weighted by atomic mass is 32.1. The van der Waals surface area contributed by atoms with Gasteiger partial charge in [-0.3, -0.25) is 9.78 Å². The molecule has 0 bridgehead atoms. The largest absolute Gasteiger partial charge is 0.378 e. The number of morpholine rings is 1. The fourth-order valence-electron chi connectivity index (χ4n) is 2.86. The predicted molar refractivity (Wildman–Crippen MR) is 101 cm³/mol. The van der Waals surface area contributed by atoms with Crippen molar-refractivity contribution in [1.82, 2.24) is 15.0 Å². The maximum Gasteiger partial charge on any atom is 0.264 e. The Balaban J connectivity index is 1.82. The number of para-hydroxylation sites is 1. The van der Waals surface area contributed by atoms with E-state index in [2.05, 4.69) is 20.3 Å². The lowest BCUT2D eigenvalue weighted by Crippen LogP contribution is -2.38. The van der Waals surface area contributed by atoms with Gasteiger partial charge in [0, 0.05) is 19.6 Å². The molecule has 8 heteroatoms. The average Bonchev–Trinajstić information content (AvgIpc) is 3.06. The fourth-order valence-corrected chi connectivity index (χ4v) is 3.87. The first-order chi connectivity index (χ1) is 12.3. The van der Waals surface area contributed by atoms with E-state index in [1.807, 2.05) is 36.1 Å². The second-order valence-electron chi connectivity index (χ2n) is 5.73. The van der Waals surface area contributed by atoms with E-state index in [1.54, 1.807) is 0 Å². The third kappa shape index (κ3) is 3.10. The first kappa shape index (κ1) is 16.0. The predicted octanol–water partition coefficient (Wildman–Crippen LogP) is 2.32. The van der Waals surface area contributed by atoms with Crippen LogP contribution in [0.1, 0.15) is 6.92 Å². The molecule has 1 fully saturated rings. The van der Waals surface area contributed by atoms with E-state index in [9.17, 15) is 4.79 Å². The molecule has 3 aromatic rings. The third-order valence-corrected chi connectivity index (χ3v) is 5.12. The Labute approximate surface area is 148 Å². The lowest BCUT2D eigenvalue weighted by Gasteiger charge is -2.27. The molecule has 130 valence electrons. The molecule has 4 rings (SSSR count). The minimum atomic E-state index is -0.175. The summed E-state index contributed by atoms with van der Waals surface area (Å²) in [4.78, 5) is 27.1. The SMILES string of the molecule is CCNc1nc(N2CCOCC2)[nH]c(=O)c1-c1nc2ccccc2s1. The lowest BCUT2D eigenvalue weighted by atomic mass is 10.3. The van der Waals surface area contributed by atoms with Crippen molar-refractivity contribution in [1.29, 1.82) is 0 Å². The van der Waals surface area contributed by atoms with Crippen LogP contribution >= 0.6 is 11.3 Å². The first-order valence-corrected chi connectivity index (χ1v) is 9.14. The summed E-state index contributed by atoms with van der Waals surface area (Å²) in [6, 6.07) is 7.87. The monoisotopic (exact) mass is 357 g/mol. The summed E-state index contributed by atoms with van der Waals surface area (Å²) in [5, 5.41) is 3.90. The normalized spacial score (nSPS) is 14.8. The molecule has 0 unspecified atom stereocenters. The fraction of sp³-hybridized carbons (Fsp3) is 0.353. The van der Waals surface area contributed by atoms with Crippen LogP contribution in [-0.2, 0) is 4.74 Å². The van der Waals surface area contributed by atoms with Crippen molar-refractivity contribution in [2.75, 3.05) is 43.1 Å². The van der Waals surface area contributed by atoms with Crippen molar-refractivity contribution in [3.8, 4) is 10.6 Å². The average molecular weight is 357 g/mol. The van der Waals surface area contributed by atoms with Crippen molar-refractivity contribution in [3.05, 3.63) is 34.6 Å². The quantitative estimate of drug-likeness (QED) is 0.746. The van der Waals surface area contributed by atoms with Gasteiger partial charge in [-0.1, -0.05) is 12.1 Å². The highest BCUT2D eigenvalue weighted by Crippen LogP contribution is 2.32. The van der Waals surface area contributed by atoms with Crippen LogP contribution in [0, 0.1) is 0 Å². The molecule has 0 radical (unpaired) electrons. The Hall–Kier alpha value is -2.45. The molecule has 2 N–H and O–H groups in total. The number of aromatic nitrogens is 3. The second kappa shape index (κ2) is 6.81. The zero-order valence-corrected chi connectivity index (χ0v) is 14.7. The highest BCUT2D eigenvalue weighted by molar-refractivity contribution is 7.21. The number of thiazole rings is 1. The molecular weight excluding hydrogens is 338 g/mol. The Morgan fingerprint density at radius 2 is 2.08 bits per heavy atom. The molecule has 0 atom stereocenters. The second-order valence-corrected chi connectivity index (χ2v) is 6.76. The Bertz CT molecular complexity index is 913. The Morgan fingerprint density at radius 1 is 1.28 bits per heavy atom. The van der Waals surface area contributed by atoms with Gasteiger partial charge in [0.25, 0.3) is 5.56 Å². The molecule has 1 saturated heterocycles. The Morgan fingerprint density at radius 3 is 2.84 bits per heavy atom. The van der Waals surface area contributed by atoms with Crippen LogP contribution in [0.25, 0.3) is 20.8 Å². The summed E-state index contributed by atoms with van der Waals surface area (Å²) in [5.74, 6) is 1.15. The van der Waals surface area contributed by atoms with Crippen LogP contribution in [0.3, 0.4) is 0 Å². The zero-order valence-electron chi connectivity index (χ0n) is 13.9. The standard InChI is InChI=1S/C17H19N5O2S/c1-2-18-14-13(16-19-11-5-3-4-6-12(11)25-16)15(23)21-17(20-14)22-7-9-24-10-8-22/h3-6H,2,7-10H2,1H3,(H2,18,20,21,23). The highest BCUT2D eigenvalue weighted by Gasteiger charge is 2.20. The maximum atomic E-state index is 12.8. The number of benzene rings is 1. The number of nitrogens with zero attached hydrogens (tertiary/aromatic N) is 3.